The molecule has 1 aromatic heterocycles. The van der Waals surface area contributed by atoms with Gasteiger partial charge in [-0.15, -0.1) is 24.8 Å². The van der Waals surface area contributed by atoms with E-state index in [4.69, 9.17) is 10.5 Å². The van der Waals surface area contributed by atoms with E-state index in [0.29, 0.717) is 0 Å². The first-order valence-corrected chi connectivity index (χ1v) is 3.49. The van der Waals surface area contributed by atoms with E-state index in [2.05, 4.69) is 4.98 Å². The van der Waals surface area contributed by atoms with E-state index in [9.17, 15) is 0 Å². The van der Waals surface area contributed by atoms with Gasteiger partial charge in [0.15, 0.2) is 0 Å². The third kappa shape index (κ3) is 4.31. The molecule has 0 aliphatic heterocycles. The van der Waals surface area contributed by atoms with Crippen LogP contribution in [-0.2, 0) is 0 Å². The van der Waals surface area contributed by atoms with Gasteiger partial charge in [-0.3, -0.25) is 4.98 Å². The second kappa shape index (κ2) is 6.95. The second-order valence-electron chi connectivity index (χ2n) is 2.41. The summed E-state index contributed by atoms with van der Waals surface area (Å²) in [5.74, 6) is 0.798. The minimum atomic E-state index is -0.0369. The van der Waals surface area contributed by atoms with Crippen LogP contribution in [0.15, 0.2) is 18.3 Å². The van der Waals surface area contributed by atoms with Gasteiger partial charge in [-0.25, -0.2) is 0 Å². The third-order valence-electron chi connectivity index (χ3n) is 1.45. The number of nitrogens with zero attached hydrogens (tertiary/aromatic N) is 1. The van der Waals surface area contributed by atoms with Gasteiger partial charge in [-0.1, -0.05) is 0 Å². The summed E-state index contributed by atoms with van der Waals surface area (Å²) in [5, 5.41) is 0. The molecule has 1 heterocycles. The molecule has 0 aromatic carbocycles. The van der Waals surface area contributed by atoms with E-state index >= 15 is 0 Å². The van der Waals surface area contributed by atoms with E-state index in [1.807, 2.05) is 13.0 Å². The summed E-state index contributed by atoms with van der Waals surface area (Å²) in [4.78, 5) is 4.08. The van der Waals surface area contributed by atoms with Crippen LogP contribution in [0.3, 0.4) is 0 Å². The summed E-state index contributed by atoms with van der Waals surface area (Å²) in [7, 11) is 1.63. The van der Waals surface area contributed by atoms with Crippen LogP contribution in [0.25, 0.3) is 0 Å². The number of methoxy groups -OCH3 is 1. The van der Waals surface area contributed by atoms with E-state index in [0.717, 1.165) is 11.4 Å². The Hall–Kier alpha value is -0.510. The average molecular weight is 225 g/mol. The van der Waals surface area contributed by atoms with Crippen LogP contribution >= 0.6 is 24.8 Å². The van der Waals surface area contributed by atoms with Crippen LogP contribution in [0.1, 0.15) is 18.7 Å². The Labute approximate surface area is 90.5 Å². The fraction of sp³-hybridized carbons (Fsp3) is 0.375. The van der Waals surface area contributed by atoms with Crippen molar-refractivity contribution in [3.8, 4) is 5.75 Å². The number of halogens is 2. The molecule has 5 heteroatoms. The standard InChI is InChI=1S/C8H12N2O.2ClH/c1-6(9)8-5-7(11-2)3-4-10-8;;/h3-6H,9H2,1-2H3;2*1H. The van der Waals surface area contributed by atoms with Crippen molar-refractivity contribution in [1.29, 1.82) is 0 Å². The first-order valence-electron chi connectivity index (χ1n) is 3.49. The highest BCUT2D eigenvalue weighted by Gasteiger charge is 2.00. The lowest BCUT2D eigenvalue weighted by molar-refractivity contribution is 0.413. The molecule has 13 heavy (non-hydrogen) atoms. The summed E-state index contributed by atoms with van der Waals surface area (Å²) in [6, 6.07) is 3.60. The lowest BCUT2D eigenvalue weighted by atomic mass is 10.2. The Morgan fingerprint density at radius 3 is 2.54 bits per heavy atom. The van der Waals surface area contributed by atoms with Crippen LogP contribution < -0.4 is 10.5 Å². The van der Waals surface area contributed by atoms with Crippen molar-refractivity contribution in [3.05, 3.63) is 24.0 Å². The summed E-state index contributed by atoms with van der Waals surface area (Å²) in [5.41, 5.74) is 6.47. The maximum absolute atomic E-state index is 5.62. The van der Waals surface area contributed by atoms with Gasteiger partial charge in [0.05, 0.1) is 12.8 Å². The molecule has 0 aliphatic carbocycles. The van der Waals surface area contributed by atoms with Gasteiger partial charge in [0.2, 0.25) is 0 Å². The topological polar surface area (TPSA) is 48.1 Å². The number of pyridine rings is 1. The Kier molecular flexibility index (Phi) is 8.01. The molecule has 0 saturated heterocycles. The van der Waals surface area contributed by atoms with Crippen molar-refractivity contribution in [1.82, 2.24) is 4.98 Å². The molecule has 0 saturated carbocycles. The monoisotopic (exact) mass is 224 g/mol. The summed E-state index contributed by atoms with van der Waals surface area (Å²) >= 11 is 0. The molecule has 0 spiro atoms. The zero-order valence-electron chi connectivity index (χ0n) is 7.56. The molecule has 0 fully saturated rings. The zero-order chi connectivity index (χ0) is 8.27. The summed E-state index contributed by atoms with van der Waals surface area (Å²) in [6.07, 6.45) is 1.69. The molecule has 76 valence electrons. The molecule has 2 N–H and O–H groups in total. The number of nitrogens with two attached hydrogens (primary N) is 1. The largest absolute Gasteiger partial charge is 0.497 e. The number of rotatable bonds is 2. The second-order valence-corrected chi connectivity index (χ2v) is 2.41. The van der Waals surface area contributed by atoms with Crippen LogP contribution in [0.2, 0.25) is 0 Å². The predicted octanol–water partition coefficient (Wildman–Crippen LogP) is 1.95. The van der Waals surface area contributed by atoms with Gasteiger partial charge in [-0.05, 0) is 13.0 Å². The highest BCUT2D eigenvalue weighted by Crippen LogP contribution is 2.13. The molecule has 0 radical (unpaired) electrons. The molecule has 1 rings (SSSR count). The van der Waals surface area contributed by atoms with Crippen LogP contribution in [-0.4, -0.2) is 12.1 Å². The molecule has 0 bridgehead atoms. The first-order chi connectivity index (χ1) is 5.24. The van der Waals surface area contributed by atoms with Crippen LogP contribution in [0.5, 0.6) is 5.75 Å². The molecular formula is C8H14Cl2N2O. The van der Waals surface area contributed by atoms with Crippen molar-refractivity contribution in [2.24, 2.45) is 5.73 Å². The maximum Gasteiger partial charge on any atom is 0.122 e. The Morgan fingerprint density at radius 1 is 1.46 bits per heavy atom. The van der Waals surface area contributed by atoms with Crippen LogP contribution in [0.4, 0.5) is 0 Å². The molecule has 0 aliphatic rings. The van der Waals surface area contributed by atoms with E-state index in [1.54, 1.807) is 19.4 Å². The van der Waals surface area contributed by atoms with E-state index < -0.39 is 0 Å². The van der Waals surface area contributed by atoms with Gasteiger partial charge in [0.25, 0.3) is 0 Å². The van der Waals surface area contributed by atoms with Crippen molar-refractivity contribution in [2.45, 2.75) is 13.0 Å². The highest BCUT2D eigenvalue weighted by atomic mass is 35.5. The highest BCUT2D eigenvalue weighted by molar-refractivity contribution is 5.85. The van der Waals surface area contributed by atoms with Crippen molar-refractivity contribution in [3.63, 3.8) is 0 Å². The fourth-order valence-electron chi connectivity index (χ4n) is 0.804. The normalized spacial score (nSPS) is 10.7. The number of hydrogen-bond acceptors (Lipinski definition) is 3. The number of ether oxygens (including phenoxy) is 1. The molecule has 3 nitrogen and oxygen atoms in total. The van der Waals surface area contributed by atoms with Crippen LogP contribution in [0, 0.1) is 0 Å². The minimum absolute atomic E-state index is 0. The van der Waals surface area contributed by atoms with E-state index in [1.165, 1.54) is 0 Å². The Balaban J connectivity index is 0. The first kappa shape index (κ1) is 15.0. The number of hydrogen-bond donors (Lipinski definition) is 1. The maximum atomic E-state index is 5.62. The van der Waals surface area contributed by atoms with Gasteiger partial charge >= 0.3 is 0 Å². The lowest BCUT2D eigenvalue weighted by Gasteiger charge is -2.05. The zero-order valence-corrected chi connectivity index (χ0v) is 9.19. The van der Waals surface area contributed by atoms with Crippen molar-refractivity contribution >= 4 is 24.8 Å². The molecule has 0 amide bonds. The molecule has 1 aromatic rings. The fourth-order valence-corrected chi connectivity index (χ4v) is 0.804. The Bertz CT molecular complexity index is 243. The van der Waals surface area contributed by atoms with Crippen molar-refractivity contribution in [2.75, 3.05) is 7.11 Å². The quantitative estimate of drug-likeness (QED) is 0.836. The third-order valence-corrected chi connectivity index (χ3v) is 1.45. The molecule has 1 atom stereocenters. The van der Waals surface area contributed by atoms with Crippen molar-refractivity contribution < 1.29 is 4.74 Å². The van der Waals surface area contributed by atoms with E-state index in [-0.39, 0.29) is 30.9 Å². The summed E-state index contributed by atoms with van der Waals surface area (Å²) in [6.45, 7) is 1.89. The predicted molar refractivity (Wildman–Crippen MR) is 57.9 cm³/mol. The summed E-state index contributed by atoms with van der Waals surface area (Å²) < 4.78 is 5.01. The van der Waals surface area contributed by atoms with Gasteiger partial charge in [0, 0.05) is 18.3 Å². The average Bonchev–Trinajstić information content (AvgIpc) is 2.05. The number of aromatic nitrogens is 1. The smallest absolute Gasteiger partial charge is 0.122 e. The van der Waals surface area contributed by atoms with Gasteiger partial charge in [0.1, 0.15) is 5.75 Å². The lowest BCUT2D eigenvalue weighted by Crippen LogP contribution is -2.06. The Morgan fingerprint density at radius 2 is 2.08 bits per heavy atom. The molecule has 1 unspecified atom stereocenters. The SMILES string of the molecule is COc1ccnc(C(C)N)c1.Cl.Cl. The minimum Gasteiger partial charge on any atom is -0.497 e. The van der Waals surface area contributed by atoms with Gasteiger partial charge < -0.3 is 10.5 Å². The molecular weight excluding hydrogens is 211 g/mol. The van der Waals surface area contributed by atoms with Gasteiger partial charge in [-0.2, -0.15) is 0 Å².